The Morgan fingerprint density at radius 1 is 1.05 bits per heavy atom. The van der Waals surface area contributed by atoms with E-state index in [1.54, 1.807) is 30.5 Å². The molecule has 0 N–H and O–H groups in total. The van der Waals surface area contributed by atoms with Gasteiger partial charge in [0.05, 0.1) is 6.61 Å². The molecule has 3 rings (SSSR count). The van der Waals surface area contributed by atoms with E-state index in [2.05, 4.69) is 4.98 Å². The molecule has 0 aromatic carbocycles. The molecule has 0 saturated heterocycles. The molecule has 0 aliphatic heterocycles. The quantitative estimate of drug-likeness (QED) is 0.716. The summed E-state index contributed by atoms with van der Waals surface area (Å²) < 4.78 is 45.3. The molecule has 6 heteroatoms. The van der Waals surface area contributed by atoms with Gasteiger partial charge in [0.25, 0.3) is 0 Å². The first kappa shape index (κ1) is 14.4. The average molecular weight is 306 g/mol. The van der Waals surface area contributed by atoms with Crippen LogP contribution < -0.4 is 4.74 Å². The molecule has 0 radical (unpaired) electrons. The minimum atomic E-state index is -4.39. The van der Waals surface area contributed by atoms with Gasteiger partial charge in [-0.1, -0.05) is 6.07 Å². The Morgan fingerprint density at radius 3 is 2.41 bits per heavy atom. The molecule has 3 aromatic rings. The molecule has 0 aliphatic carbocycles. The lowest BCUT2D eigenvalue weighted by Crippen LogP contribution is -2.08. The average Bonchev–Trinajstić information content (AvgIpc) is 2.91. The summed E-state index contributed by atoms with van der Waals surface area (Å²) >= 11 is 0. The number of hydrogen-bond donors (Lipinski definition) is 0. The van der Waals surface area contributed by atoms with E-state index in [4.69, 9.17) is 4.74 Å². The first-order chi connectivity index (χ1) is 10.5. The maximum atomic E-state index is 13.0. The van der Waals surface area contributed by atoms with Crippen LogP contribution in [-0.2, 0) is 6.18 Å². The van der Waals surface area contributed by atoms with Crippen molar-refractivity contribution in [2.75, 3.05) is 6.61 Å². The number of nitrogens with zero attached hydrogens (tertiary/aromatic N) is 2. The van der Waals surface area contributed by atoms with Gasteiger partial charge in [-0.15, -0.1) is 0 Å². The van der Waals surface area contributed by atoms with Crippen molar-refractivity contribution in [1.82, 2.24) is 9.38 Å². The number of ether oxygens (including phenoxy) is 1. The van der Waals surface area contributed by atoms with Crippen LogP contribution in [0.15, 0.2) is 48.8 Å². The van der Waals surface area contributed by atoms with Crippen LogP contribution >= 0.6 is 0 Å². The van der Waals surface area contributed by atoms with Gasteiger partial charge >= 0.3 is 6.18 Å². The van der Waals surface area contributed by atoms with Crippen molar-refractivity contribution >= 4 is 5.52 Å². The van der Waals surface area contributed by atoms with Crippen LogP contribution in [0.5, 0.6) is 5.88 Å². The van der Waals surface area contributed by atoms with Crippen molar-refractivity contribution in [2.45, 2.75) is 13.1 Å². The number of rotatable bonds is 3. The summed E-state index contributed by atoms with van der Waals surface area (Å²) in [6.07, 6.45) is -1.33. The van der Waals surface area contributed by atoms with Gasteiger partial charge in [0.15, 0.2) is 0 Å². The molecular weight excluding hydrogens is 293 g/mol. The minimum Gasteiger partial charge on any atom is -0.478 e. The Balaban J connectivity index is 2.04. The standard InChI is InChI=1S/C16H13F3N2O/c1-2-22-15-8-4-11(9-20-15)12-3-5-13-6-7-14(16(17,18)19)21(13)10-12/h3-10H,2H2,1H3. The second-order valence-corrected chi connectivity index (χ2v) is 4.75. The van der Waals surface area contributed by atoms with E-state index < -0.39 is 11.9 Å². The molecule has 0 atom stereocenters. The van der Waals surface area contributed by atoms with Gasteiger partial charge in [-0.3, -0.25) is 0 Å². The molecule has 0 spiro atoms. The lowest BCUT2D eigenvalue weighted by molar-refractivity contribution is -0.141. The topological polar surface area (TPSA) is 26.5 Å². The zero-order valence-electron chi connectivity index (χ0n) is 11.8. The summed E-state index contributed by atoms with van der Waals surface area (Å²) in [4.78, 5) is 4.13. The fourth-order valence-electron chi connectivity index (χ4n) is 2.29. The predicted molar refractivity (Wildman–Crippen MR) is 76.8 cm³/mol. The highest BCUT2D eigenvalue weighted by molar-refractivity contribution is 5.65. The first-order valence-electron chi connectivity index (χ1n) is 6.76. The Bertz CT molecular complexity index is 791. The Hall–Kier alpha value is -2.50. The van der Waals surface area contributed by atoms with Gasteiger partial charge in [0, 0.05) is 29.5 Å². The van der Waals surface area contributed by atoms with Crippen LogP contribution in [0.3, 0.4) is 0 Å². The van der Waals surface area contributed by atoms with Crippen LogP contribution in [0.1, 0.15) is 12.6 Å². The van der Waals surface area contributed by atoms with E-state index in [1.807, 2.05) is 6.92 Å². The molecule has 0 fully saturated rings. The first-order valence-corrected chi connectivity index (χ1v) is 6.76. The van der Waals surface area contributed by atoms with Crippen molar-refractivity contribution in [3.63, 3.8) is 0 Å². The number of halogens is 3. The van der Waals surface area contributed by atoms with Gasteiger partial charge < -0.3 is 9.14 Å². The Morgan fingerprint density at radius 2 is 1.77 bits per heavy atom. The van der Waals surface area contributed by atoms with E-state index in [0.717, 1.165) is 16.0 Å². The highest BCUT2D eigenvalue weighted by atomic mass is 19.4. The highest BCUT2D eigenvalue weighted by Gasteiger charge is 2.33. The summed E-state index contributed by atoms with van der Waals surface area (Å²) in [5.41, 5.74) is 1.19. The Labute approximate surface area is 125 Å². The highest BCUT2D eigenvalue weighted by Crippen LogP contribution is 2.32. The minimum absolute atomic E-state index is 0.490. The second kappa shape index (κ2) is 5.36. The Kier molecular flexibility index (Phi) is 3.52. The number of hydrogen-bond acceptors (Lipinski definition) is 2. The summed E-state index contributed by atoms with van der Waals surface area (Å²) in [7, 11) is 0. The predicted octanol–water partition coefficient (Wildman–Crippen LogP) is 4.42. The van der Waals surface area contributed by atoms with Crippen LogP contribution in [-0.4, -0.2) is 16.0 Å². The van der Waals surface area contributed by atoms with Gasteiger partial charge in [0.2, 0.25) is 5.88 Å². The molecule has 114 valence electrons. The van der Waals surface area contributed by atoms with Gasteiger partial charge in [-0.2, -0.15) is 13.2 Å². The summed E-state index contributed by atoms with van der Waals surface area (Å²) in [6, 6.07) is 9.42. The van der Waals surface area contributed by atoms with Gasteiger partial charge in [0.1, 0.15) is 5.69 Å². The fourth-order valence-corrected chi connectivity index (χ4v) is 2.29. The van der Waals surface area contributed by atoms with Crippen molar-refractivity contribution < 1.29 is 17.9 Å². The van der Waals surface area contributed by atoms with Crippen molar-refractivity contribution in [1.29, 1.82) is 0 Å². The van der Waals surface area contributed by atoms with E-state index in [9.17, 15) is 13.2 Å². The third-order valence-electron chi connectivity index (χ3n) is 3.30. The van der Waals surface area contributed by atoms with E-state index >= 15 is 0 Å². The molecule has 3 aromatic heterocycles. The third kappa shape index (κ3) is 2.64. The molecular formula is C16H13F3N2O. The fraction of sp³-hybridized carbons (Fsp3) is 0.188. The van der Waals surface area contributed by atoms with Crippen molar-refractivity contribution in [3.8, 4) is 17.0 Å². The molecule has 0 bridgehead atoms. The zero-order chi connectivity index (χ0) is 15.7. The number of fused-ring (bicyclic) bond motifs is 1. The molecule has 0 amide bonds. The van der Waals surface area contributed by atoms with E-state index in [-0.39, 0.29) is 0 Å². The van der Waals surface area contributed by atoms with Crippen LogP contribution in [0, 0.1) is 0 Å². The van der Waals surface area contributed by atoms with Crippen LogP contribution in [0.2, 0.25) is 0 Å². The third-order valence-corrected chi connectivity index (χ3v) is 3.30. The van der Waals surface area contributed by atoms with Gasteiger partial charge in [-0.05, 0) is 36.8 Å². The maximum absolute atomic E-state index is 13.0. The molecule has 3 heterocycles. The smallest absolute Gasteiger partial charge is 0.431 e. The number of aromatic nitrogens is 2. The van der Waals surface area contributed by atoms with Crippen molar-refractivity contribution in [2.24, 2.45) is 0 Å². The largest absolute Gasteiger partial charge is 0.478 e. The second-order valence-electron chi connectivity index (χ2n) is 4.75. The van der Waals surface area contributed by atoms with Crippen LogP contribution in [0.25, 0.3) is 16.6 Å². The lowest BCUT2D eigenvalue weighted by Gasteiger charge is -2.09. The van der Waals surface area contributed by atoms with Gasteiger partial charge in [-0.25, -0.2) is 4.98 Å². The molecule has 0 saturated carbocycles. The summed E-state index contributed by atoms with van der Waals surface area (Å²) in [5, 5.41) is 0. The normalized spacial score (nSPS) is 11.8. The number of pyridine rings is 2. The van der Waals surface area contributed by atoms with Crippen LogP contribution in [0.4, 0.5) is 13.2 Å². The molecule has 0 aliphatic rings. The zero-order valence-corrected chi connectivity index (χ0v) is 11.8. The lowest BCUT2D eigenvalue weighted by atomic mass is 10.1. The van der Waals surface area contributed by atoms with E-state index in [0.29, 0.717) is 23.6 Å². The summed E-state index contributed by atoms with van der Waals surface area (Å²) in [5.74, 6) is 0.490. The SMILES string of the molecule is CCOc1ccc(-c2ccc3ccc(C(F)(F)F)n3c2)cn1. The summed E-state index contributed by atoms with van der Waals surface area (Å²) in [6.45, 7) is 2.37. The molecule has 22 heavy (non-hydrogen) atoms. The monoisotopic (exact) mass is 306 g/mol. The number of alkyl halides is 3. The van der Waals surface area contributed by atoms with E-state index in [1.165, 1.54) is 12.3 Å². The molecule has 3 nitrogen and oxygen atoms in total. The maximum Gasteiger partial charge on any atom is 0.431 e. The van der Waals surface area contributed by atoms with Crippen molar-refractivity contribution in [3.05, 3.63) is 54.5 Å². The molecule has 0 unspecified atom stereocenters.